The van der Waals surface area contributed by atoms with E-state index in [1.165, 1.54) is 0 Å². The summed E-state index contributed by atoms with van der Waals surface area (Å²) < 4.78 is 15.9. The van der Waals surface area contributed by atoms with Crippen molar-refractivity contribution in [2.75, 3.05) is 13.3 Å². The van der Waals surface area contributed by atoms with Gasteiger partial charge in [0.15, 0.2) is 11.5 Å². The molecule has 0 saturated heterocycles. The smallest absolute Gasteiger partial charge is 0.231 e. The van der Waals surface area contributed by atoms with Gasteiger partial charge in [-0.05, 0) is 36.8 Å². The van der Waals surface area contributed by atoms with E-state index in [-0.39, 0.29) is 12.8 Å². The minimum atomic E-state index is -0.609. The van der Waals surface area contributed by atoms with Gasteiger partial charge in [-0.3, -0.25) is 0 Å². The standard InChI is InChI=1S/C15H17NO4/c1-10(13-3-2-6-18-13)16-8-12(17)11-4-5-14-15(7-11)20-9-19-14/h2-7,10,12,16-17H,8-9H2,1H3. The second-order valence-corrected chi connectivity index (χ2v) is 4.77. The molecule has 0 amide bonds. The number of aliphatic hydroxyl groups is 1. The van der Waals surface area contributed by atoms with E-state index in [0.717, 1.165) is 17.1 Å². The number of furan rings is 1. The molecule has 0 aliphatic carbocycles. The number of nitrogens with one attached hydrogen (secondary N) is 1. The molecule has 2 N–H and O–H groups in total. The third kappa shape index (κ3) is 2.64. The number of aliphatic hydroxyl groups excluding tert-OH is 1. The molecule has 2 unspecified atom stereocenters. The van der Waals surface area contributed by atoms with Crippen molar-refractivity contribution in [3.8, 4) is 11.5 Å². The molecule has 3 rings (SSSR count). The van der Waals surface area contributed by atoms with Crippen molar-refractivity contribution in [1.29, 1.82) is 0 Å². The van der Waals surface area contributed by atoms with Gasteiger partial charge in [-0.1, -0.05) is 6.07 Å². The van der Waals surface area contributed by atoms with Crippen LogP contribution in [0.3, 0.4) is 0 Å². The highest BCUT2D eigenvalue weighted by atomic mass is 16.7. The van der Waals surface area contributed by atoms with E-state index in [9.17, 15) is 5.11 Å². The fourth-order valence-corrected chi connectivity index (χ4v) is 2.16. The maximum Gasteiger partial charge on any atom is 0.231 e. The zero-order valence-corrected chi connectivity index (χ0v) is 11.2. The first-order valence-corrected chi connectivity index (χ1v) is 6.58. The Bertz CT molecular complexity index is 567. The molecule has 5 nitrogen and oxygen atoms in total. The van der Waals surface area contributed by atoms with Crippen LogP contribution in [0.1, 0.15) is 30.4 Å². The third-order valence-corrected chi connectivity index (χ3v) is 3.37. The van der Waals surface area contributed by atoms with Crippen LogP contribution in [0.2, 0.25) is 0 Å². The van der Waals surface area contributed by atoms with Crippen LogP contribution < -0.4 is 14.8 Å². The van der Waals surface area contributed by atoms with Gasteiger partial charge in [0.05, 0.1) is 18.4 Å². The zero-order valence-electron chi connectivity index (χ0n) is 11.2. The Labute approximate surface area is 117 Å². The van der Waals surface area contributed by atoms with Crippen molar-refractivity contribution < 1.29 is 19.0 Å². The SMILES string of the molecule is CC(NCC(O)c1ccc2c(c1)OCO2)c1ccco1. The minimum Gasteiger partial charge on any atom is -0.468 e. The van der Waals surface area contributed by atoms with E-state index >= 15 is 0 Å². The Morgan fingerprint density at radius 1 is 1.25 bits per heavy atom. The summed E-state index contributed by atoms with van der Waals surface area (Å²) in [7, 11) is 0. The Balaban J connectivity index is 1.60. The number of benzene rings is 1. The Kier molecular flexibility index (Phi) is 3.62. The van der Waals surface area contributed by atoms with Crippen LogP contribution in [0, 0.1) is 0 Å². The first-order chi connectivity index (χ1) is 9.74. The lowest BCUT2D eigenvalue weighted by atomic mass is 10.1. The lowest BCUT2D eigenvalue weighted by Crippen LogP contribution is -2.24. The number of fused-ring (bicyclic) bond motifs is 1. The number of rotatable bonds is 5. The fraction of sp³-hybridized carbons (Fsp3) is 0.333. The molecule has 0 saturated carbocycles. The maximum absolute atomic E-state index is 10.2. The minimum absolute atomic E-state index is 0.0497. The van der Waals surface area contributed by atoms with E-state index in [0.29, 0.717) is 12.3 Å². The highest BCUT2D eigenvalue weighted by Gasteiger charge is 2.17. The van der Waals surface area contributed by atoms with Gasteiger partial charge in [-0.15, -0.1) is 0 Å². The molecule has 5 heteroatoms. The van der Waals surface area contributed by atoms with Crippen LogP contribution in [-0.2, 0) is 0 Å². The summed E-state index contributed by atoms with van der Waals surface area (Å²) in [5.41, 5.74) is 0.799. The van der Waals surface area contributed by atoms with Crippen LogP contribution in [0.5, 0.6) is 11.5 Å². The normalized spacial score (nSPS) is 16.1. The molecular formula is C15H17NO4. The molecule has 0 radical (unpaired) electrons. The van der Waals surface area contributed by atoms with E-state index in [1.54, 1.807) is 6.26 Å². The number of hydrogen-bond acceptors (Lipinski definition) is 5. The second-order valence-electron chi connectivity index (χ2n) is 4.77. The third-order valence-electron chi connectivity index (χ3n) is 3.37. The molecule has 0 bridgehead atoms. The molecule has 1 aliphatic rings. The average Bonchev–Trinajstić information content (AvgIpc) is 3.13. The summed E-state index contributed by atoms with van der Waals surface area (Å²) in [6.07, 6.45) is 1.03. The number of ether oxygens (including phenoxy) is 2. The zero-order chi connectivity index (χ0) is 13.9. The van der Waals surface area contributed by atoms with Crippen LogP contribution in [0.15, 0.2) is 41.0 Å². The van der Waals surface area contributed by atoms with Crippen LogP contribution in [0.25, 0.3) is 0 Å². The topological polar surface area (TPSA) is 63.9 Å². The van der Waals surface area contributed by atoms with Crippen LogP contribution in [0.4, 0.5) is 0 Å². The maximum atomic E-state index is 10.2. The predicted octanol–water partition coefficient (Wildman–Crippen LogP) is 2.39. The van der Waals surface area contributed by atoms with E-state index < -0.39 is 6.10 Å². The molecule has 1 aliphatic heterocycles. The molecule has 106 valence electrons. The van der Waals surface area contributed by atoms with Crippen LogP contribution >= 0.6 is 0 Å². The number of hydrogen-bond donors (Lipinski definition) is 2. The molecule has 2 aromatic rings. The van der Waals surface area contributed by atoms with Gasteiger partial charge >= 0.3 is 0 Å². The van der Waals surface area contributed by atoms with Crippen LogP contribution in [-0.4, -0.2) is 18.4 Å². The summed E-state index contributed by atoms with van der Waals surface area (Å²) in [5.74, 6) is 2.25. The van der Waals surface area contributed by atoms with Crippen molar-refractivity contribution in [2.45, 2.75) is 19.1 Å². The molecule has 1 aromatic heterocycles. The molecule has 0 fully saturated rings. The average molecular weight is 275 g/mol. The van der Waals surface area contributed by atoms with Gasteiger partial charge in [-0.2, -0.15) is 0 Å². The lowest BCUT2D eigenvalue weighted by molar-refractivity contribution is 0.167. The summed E-state index contributed by atoms with van der Waals surface area (Å²) >= 11 is 0. The molecule has 2 atom stereocenters. The van der Waals surface area contributed by atoms with Crippen molar-refractivity contribution in [3.05, 3.63) is 47.9 Å². The molecule has 2 heterocycles. The Hall–Kier alpha value is -1.98. The van der Waals surface area contributed by atoms with Crippen molar-refractivity contribution >= 4 is 0 Å². The largest absolute Gasteiger partial charge is 0.468 e. The first kappa shape index (κ1) is 13.0. The Morgan fingerprint density at radius 3 is 2.90 bits per heavy atom. The monoisotopic (exact) mass is 275 g/mol. The Morgan fingerprint density at radius 2 is 2.10 bits per heavy atom. The van der Waals surface area contributed by atoms with Gasteiger partial charge in [0, 0.05) is 6.54 Å². The summed E-state index contributed by atoms with van der Waals surface area (Å²) in [6.45, 7) is 2.66. The first-order valence-electron chi connectivity index (χ1n) is 6.58. The van der Waals surface area contributed by atoms with E-state index in [4.69, 9.17) is 13.9 Å². The summed E-state index contributed by atoms with van der Waals surface area (Å²) in [4.78, 5) is 0. The second kappa shape index (κ2) is 5.56. The highest BCUT2D eigenvalue weighted by Crippen LogP contribution is 2.34. The highest BCUT2D eigenvalue weighted by molar-refractivity contribution is 5.45. The molecule has 0 spiro atoms. The van der Waals surface area contributed by atoms with Crippen molar-refractivity contribution in [2.24, 2.45) is 0 Å². The molecule has 1 aromatic carbocycles. The fourth-order valence-electron chi connectivity index (χ4n) is 2.16. The van der Waals surface area contributed by atoms with Crippen molar-refractivity contribution in [3.63, 3.8) is 0 Å². The van der Waals surface area contributed by atoms with E-state index in [1.807, 2.05) is 37.3 Å². The molecular weight excluding hydrogens is 258 g/mol. The predicted molar refractivity (Wildman–Crippen MR) is 72.7 cm³/mol. The van der Waals surface area contributed by atoms with Crippen molar-refractivity contribution in [1.82, 2.24) is 5.32 Å². The molecule has 20 heavy (non-hydrogen) atoms. The lowest BCUT2D eigenvalue weighted by Gasteiger charge is -2.16. The van der Waals surface area contributed by atoms with E-state index in [2.05, 4.69) is 5.32 Å². The van der Waals surface area contributed by atoms with Gasteiger partial charge in [0.2, 0.25) is 6.79 Å². The van der Waals surface area contributed by atoms with Gasteiger partial charge in [-0.25, -0.2) is 0 Å². The quantitative estimate of drug-likeness (QED) is 0.877. The summed E-state index contributed by atoms with van der Waals surface area (Å²) in [6, 6.07) is 9.28. The van der Waals surface area contributed by atoms with Gasteiger partial charge in [0.1, 0.15) is 5.76 Å². The van der Waals surface area contributed by atoms with Gasteiger partial charge in [0.25, 0.3) is 0 Å². The van der Waals surface area contributed by atoms with Gasteiger partial charge < -0.3 is 24.3 Å². The summed E-state index contributed by atoms with van der Waals surface area (Å²) in [5, 5.41) is 13.4.